The van der Waals surface area contributed by atoms with E-state index in [-0.39, 0.29) is 0 Å². The summed E-state index contributed by atoms with van der Waals surface area (Å²) in [6.45, 7) is 2.82. The molecule has 0 fully saturated rings. The predicted molar refractivity (Wildman–Crippen MR) is 167 cm³/mol. The van der Waals surface area contributed by atoms with Gasteiger partial charge in [0, 0.05) is 26.3 Å². The van der Waals surface area contributed by atoms with E-state index in [1.54, 1.807) is 15.0 Å². The van der Waals surface area contributed by atoms with Gasteiger partial charge in [-0.2, -0.15) is 0 Å². The Morgan fingerprint density at radius 2 is 1.12 bits per heavy atom. The fraction of sp³-hybridized carbons (Fsp3) is 0.273. The normalized spacial score (nSPS) is 11.9. The third-order valence-electron chi connectivity index (χ3n) is 6.46. The minimum Gasteiger partial charge on any atom is -0.492 e. The molecule has 1 atom stereocenters. The van der Waals surface area contributed by atoms with Crippen LogP contribution in [0.2, 0.25) is 0 Å². The van der Waals surface area contributed by atoms with Gasteiger partial charge < -0.3 is 23.8 Å². The number of rotatable bonds is 15. The Bertz CT molecular complexity index is 1290. The molecule has 0 spiro atoms. The minimum atomic E-state index is -0.400. The Kier molecular flexibility index (Phi) is 11.4. The first-order valence-electron chi connectivity index (χ1n) is 13.7. The molecule has 0 heterocycles. The maximum Gasteiger partial charge on any atom is 0.346 e. The Hall–Kier alpha value is -3.35. The predicted octanol–water partition coefficient (Wildman–Crippen LogP) is 5.12. The van der Waals surface area contributed by atoms with Crippen molar-refractivity contribution in [2.24, 2.45) is 0 Å². The van der Waals surface area contributed by atoms with Crippen LogP contribution in [0, 0.1) is 0 Å². The lowest BCUT2D eigenvalue weighted by molar-refractivity contribution is 0.223. The molecule has 40 heavy (non-hydrogen) atoms. The lowest BCUT2D eigenvalue weighted by Crippen LogP contribution is -2.28. The SMILES string of the molecule is CN(C)CCO[B]c1cc(-c2ccccc2)ccc1OC([B]OCCN(C)C)c1ccc(-c2ccccc2)cc1. The van der Waals surface area contributed by atoms with E-state index in [2.05, 4.69) is 82.6 Å². The summed E-state index contributed by atoms with van der Waals surface area (Å²) in [5.74, 6) is 0.731. The highest BCUT2D eigenvalue weighted by Crippen LogP contribution is 2.27. The van der Waals surface area contributed by atoms with E-state index in [1.165, 1.54) is 5.56 Å². The molecule has 204 valence electrons. The number of hydrogen-bond donors (Lipinski definition) is 0. The largest absolute Gasteiger partial charge is 0.492 e. The molecule has 1 unspecified atom stereocenters. The third kappa shape index (κ3) is 9.10. The number of hydrogen-bond acceptors (Lipinski definition) is 5. The van der Waals surface area contributed by atoms with E-state index in [1.807, 2.05) is 58.5 Å². The first-order chi connectivity index (χ1) is 19.5. The maximum absolute atomic E-state index is 6.64. The Morgan fingerprint density at radius 3 is 1.73 bits per heavy atom. The molecule has 7 heteroatoms. The Balaban J connectivity index is 1.58. The van der Waals surface area contributed by atoms with Crippen molar-refractivity contribution in [3.8, 4) is 28.0 Å². The molecule has 0 amide bonds. The van der Waals surface area contributed by atoms with Gasteiger partial charge in [0.1, 0.15) is 11.8 Å². The standard InChI is InChI=1S/C33H38B2N2O3/c1-36(2)21-23-38-34-31-25-30(27-13-9-6-10-14-27)19-20-32(31)40-33(35-39-24-22-37(3)4)29-17-15-28(16-18-29)26-11-7-5-8-12-26/h5-20,25,33H,21-24H2,1-4H3. The van der Waals surface area contributed by atoms with Crippen LogP contribution in [0.5, 0.6) is 5.75 Å². The van der Waals surface area contributed by atoms with E-state index in [0.29, 0.717) is 13.2 Å². The fourth-order valence-corrected chi connectivity index (χ4v) is 4.14. The van der Waals surface area contributed by atoms with Gasteiger partial charge in [-0.05, 0) is 67.5 Å². The quantitative estimate of drug-likeness (QED) is 0.157. The van der Waals surface area contributed by atoms with Gasteiger partial charge in [-0.3, -0.25) is 0 Å². The van der Waals surface area contributed by atoms with Crippen LogP contribution in [-0.4, -0.2) is 79.3 Å². The first kappa shape index (κ1) is 29.6. The second-order valence-electron chi connectivity index (χ2n) is 10.2. The zero-order valence-electron chi connectivity index (χ0n) is 24.0. The van der Waals surface area contributed by atoms with E-state index in [4.69, 9.17) is 14.0 Å². The molecule has 4 aromatic carbocycles. The topological polar surface area (TPSA) is 34.2 Å². The van der Waals surface area contributed by atoms with E-state index in [9.17, 15) is 0 Å². The molecular weight excluding hydrogens is 494 g/mol. The number of ether oxygens (including phenoxy) is 1. The highest BCUT2D eigenvalue weighted by Gasteiger charge is 2.20. The summed E-state index contributed by atoms with van der Waals surface area (Å²) in [7, 11) is 11.7. The number of nitrogens with zero attached hydrogens (tertiary/aromatic N) is 2. The summed E-state index contributed by atoms with van der Waals surface area (Å²) >= 11 is 0. The van der Waals surface area contributed by atoms with E-state index in [0.717, 1.165) is 46.6 Å². The summed E-state index contributed by atoms with van der Waals surface area (Å²) in [4.78, 5) is 4.19. The molecule has 4 rings (SSSR count). The Labute approximate surface area is 241 Å². The second-order valence-corrected chi connectivity index (χ2v) is 10.2. The smallest absolute Gasteiger partial charge is 0.346 e. The van der Waals surface area contributed by atoms with Crippen molar-refractivity contribution in [2.45, 2.75) is 6.00 Å². The summed E-state index contributed by atoms with van der Waals surface area (Å²) in [5, 5.41) is 0. The minimum absolute atomic E-state index is 0.400. The third-order valence-corrected chi connectivity index (χ3v) is 6.46. The van der Waals surface area contributed by atoms with Gasteiger partial charge in [0.15, 0.2) is 0 Å². The summed E-state index contributed by atoms with van der Waals surface area (Å²) < 4.78 is 18.6. The average molecular weight is 532 g/mol. The fourth-order valence-electron chi connectivity index (χ4n) is 4.14. The van der Waals surface area contributed by atoms with Crippen LogP contribution in [-0.2, 0) is 9.31 Å². The molecular formula is C33H38B2N2O3. The Morgan fingerprint density at radius 1 is 0.600 bits per heavy atom. The molecule has 0 aromatic heterocycles. The summed E-state index contributed by atoms with van der Waals surface area (Å²) in [6.07, 6.45) is 0. The van der Waals surface area contributed by atoms with Crippen molar-refractivity contribution in [1.29, 1.82) is 0 Å². The van der Waals surface area contributed by atoms with Gasteiger partial charge in [0.05, 0.1) is 0 Å². The average Bonchev–Trinajstić information content (AvgIpc) is 2.98. The van der Waals surface area contributed by atoms with Gasteiger partial charge in [0.25, 0.3) is 0 Å². The van der Waals surface area contributed by atoms with Crippen molar-refractivity contribution in [1.82, 2.24) is 9.80 Å². The van der Waals surface area contributed by atoms with Crippen molar-refractivity contribution >= 4 is 20.4 Å². The molecule has 0 aliphatic carbocycles. The molecule has 5 nitrogen and oxygen atoms in total. The monoisotopic (exact) mass is 532 g/mol. The van der Waals surface area contributed by atoms with Gasteiger partial charge >= 0.3 is 15.0 Å². The lowest BCUT2D eigenvalue weighted by Gasteiger charge is -2.22. The molecule has 0 aliphatic rings. The van der Waals surface area contributed by atoms with Crippen LogP contribution < -0.4 is 10.2 Å². The van der Waals surface area contributed by atoms with E-state index >= 15 is 0 Å². The van der Waals surface area contributed by atoms with E-state index < -0.39 is 6.00 Å². The van der Waals surface area contributed by atoms with Crippen LogP contribution in [0.4, 0.5) is 0 Å². The summed E-state index contributed by atoms with van der Waals surface area (Å²) in [6, 6.07) is 35.0. The molecule has 0 saturated carbocycles. The number of likely N-dealkylation sites (N-methyl/N-ethyl adjacent to an activating group) is 2. The lowest BCUT2D eigenvalue weighted by atomic mass is 9.82. The first-order valence-corrected chi connectivity index (χ1v) is 13.7. The van der Waals surface area contributed by atoms with Crippen LogP contribution in [0.3, 0.4) is 0 Å². The molecule has 0 bridgehead atoms. The van der Waals surface area contributed by atoms with Crippen LogP contribution in [0.1, 0.15) is 11.6 Å². The van der Waals surface area contributed by atoms with Crippen molar-refractivity contribution in [3.05, 3.63) is 109 Å². The van der Waals surface area contributed by atoms with Gasteiger partial charge in [-0.25, -0.2) is 0 Å². The second kappa shape index (κ2) is 15.4. The van der Waals surface area contributed by atoms with Gasteiger partial charge in [-0.1, -0.05) is 97.1 Å². The summed E-state index contributed by atoms with van der Waals surface area (Å²) in [5.41, 5.74) is 6.48. The molecule has 2 radical (unpaired) electrons. The molecule has 4 aromatic rings. The maximum atomic E-state index is 6.64. The van der Waals surface area contributed by atoms with Crippen LogP contribution >= 0.6 is 0 Å². The molecule has 0 aliphatic heterocycles. The zero-order chi connectivity index (χ0) is 28.2. The van der Waals surface area contributed by atoms with Crippen molar-refractivity contribution in [2.75, 3.05) is 54.5 Å². The van der Waals surface area contributed by atoms with Crippen molar-refractivity contribution in [3.63, 3.8) is 0 Å². The van der Waals surface area contributed by atoms with Crippen LogP contribution in [0.25, 0.3) is 22.3 Å². The van der Waals surface area contributed by atoms with Crippen molar-refractivity contribution < 1.29 is 14.0 Å². The highest BCUT2D eigenvalue weighted by atomic mass is 16.5. The van der Waals surface area contributed by atoms with Gasteiger partial charge in [-0.15, -0.1) is 0 Å². The molecule has 0 saturated heterocycles. The highest BCUT2D eigenvalue weighted by molar-refractivity contribution is 6.48. The number of benzene rings is 4. The van der Waals surface area contributed by atoms with Crippen LogP contribution in [0.15, 0.2) is 103 Å². The zero-order valence-corrected chi connectivity index (χ0v) is 24.0. The van der Waals surface area contributed by atoms with Gasteiger partial charge in [0.2, 0.25) is 0 Å². The molecule has 0 N–H and O–H groups in total.